The highest BCUT2D eigenvalue weighted by molar-refractivity contribution is 7.90. The van der Waals surface area contributed by atoms with Crippen molar-refractivity contribution in [3.63, 3.8) is 0 Å². The summed E-state index contributed by atoms with van der Waals surface area (Å²) in [7, 11) is -2.89. The largest absolute Gasteiger partial charge is 0.323 e. The van der Waals surface area contributed by atoms with Crippen molar-refractivity contribution in [3.05, 3.63) is 11.9 Å². The topological polar surface area (TPSA) is 90.9 Å². The predicted molar refractivity (Wildman–Crippen MR) is 61.6 cm³/mol. The monoisotopic (exact) mass is 246 g/mol. The van der Waals surface area contributed by atoms with Crippen molar-refractivity contribution < 1.29 is 8.42 Å². The average Bonchev–Trinajstić information content (AvgIpc) is 2.63. The van der Waals surface area contributed by atoms with Gasteiger partial charge in [0.25, 0.3) is 0 Å². The highest BCUT2D eigenvalue weighted by Crippen LogP contribution is 2.09. The van der Waals surface area contributed by atoms with Gasteiger partial charge in [-0.15, -0.1) is 5.10 Å². The van der Waals surface area contributed by atoms with Crippen LogP contribution in [0, 0.1) is 0 Å². The number of hydrogen-bond donors (Lipinski definition) is 1. The maximum absolute atomic E-state index is 10.9. The van der Waals surface area contributed by atoms with Gasteiger partial charge in [-0.2, -0.15) is 0 Å². The van der Waals surface area contributed by atoms with Gasteiger partial charge in [-0.25, -0.2) is 8.42 Å². The zero-order chi connectivity index (χ0) is 12.2. The van der Waals surface area contributed by atoms with Crippen LogP contribution in [0.2, 0.25) is 0 Å². The molecule has 0 aliphatic carbocycles. The third-order valence-electron chi connectivity index (χ3n) is 2.28. The van der Waals surface area contributed by atoms with Gasteiger partial charge in [0, 0.05) is 12.8 Å². The molecule has 1 aromatic heterocycles. The second-order valence-electron chi connectivity index (χ2n) is 3.90. The molecule has 7 heteroatoms. The molecule has 1 aromatic rings. The van der Waals surface area contributed by atoms with E-state index in [-0.39, 0.29) is 11.8 Å². The third-order valence-corrected chi connectivity index (χ3v) is 3.31. The molecule has 1 unspecified atom stereocenters. The molecule has 0 aliphatic heterocycles. The van der Waals surface area contributed by atoms with Crippen molar-refractivity contribution in [2.45, 2.75) is 32.4 Å². The molecular formula is C9H18N4O2S. The molecule has 2 N–H and O–H groups in total. The summed E-state index contributed by atoms with van der Waals surface area (Å²) in [4.78, 5) is 0. The van der Waals surface area contributed by atoms with Crippen molar-refractivity contribution >= 4 is 9.84 Å². The van der Waals surface area contributed by atoms with Crippen LogP contribution in [-0.2, 0) is 16.4 Å². The molecular weight excluding hydrogens is 228 g/mol. The van der Waals surface area contributed by atoms with E-state index in [4.69, 9.17) is 5.73 Å². The van der Waals surface area contributed by atoms with Gasteiger partial charge in [-0.3, -0.25) is 4.68 Å². The van der Waals surface area contributed by atoms with E-state index in [2.05, 4.69) is 10.3 Å². The lowest BCUT2D eigenvalue weighted by Gasteiger charge is -2.02. The summed E-state index contributed by atoms with van der Waals surface area (Å²) in [6.45, 7) is 2.53. The molecule has 0 radical (unpaired) electrons. The molecule has 0 aliphatic rings. The average molecular weight is 246 g/mol. The number of aryl methyl sites for hydroxylation is 1. The van der Waals surface area contributed by atoms with Crippen LogP contribution in [0.4, 0.5) is 0 Å². The summed E-state index contributed by atoms with van der Waals surface area (Å²) in [5.41, 5.74) is 6.55. The van der Waals surface area contributed by atoms with E-state index >= 15 is 0 Å². The Balaban J connectivity index is 2.47. The third kappa shape index (κ3) is 4.28. The standard InChI is InChI=1S/C9H18N4O2S/c1-3-8(10)9-7-13(12-11-9)5-4-6-16(2,14)15/h7-8H,3-6,10H2,1-2H3. The van der Waals surface area contributed by atoms with Gasteiger partial charge in [-0.1, -0.05) is 12.1 Å². The van der Waals surface area contributed by atoms with Gasteiger partial charge in [0.15, 0.2) is 0 Å². The first kappa shape index (κ1) is 13.1. The van der Waals surface area contributed by atoms with Crippen LogP contribution in [0.15, 0.2) is 6.20 Å². The number of nitrogens with two attached hydrogens (primary N) is 1. The molecule has 0 aromatic carbocycles. The van der Waals surface area contributed by atoms with Crippen LogP contribution >= 0.6 is 0 Å². The normalized spacial score (nSPS) is 13.9. The van der Waals surface area contributed by atoms with Crippen molar-refractivity contribution in [2.24, 2.45) is 5.73 Å². The van der Waals surface area contributed by atoms with E-state index < -0.39 is 9.84 Å². The van der Waals surface area contributed by atoms with E-state index in [9.17, 15) is 8.42 Å². The lowest BCUT2D eigenvalue weighted by molar-refractivity contribution is 0.564. The second kappa shape index (κ2) is 5.40. The zero-order valence-electron chi connectivity index (χ0n) is 9.63. The Morgan fingerprint density at radius 2 is 2.25 bits per heavy atom. The van der Waals surface area contributed by atoms with Gasteiger partial charge in [0.05, 0.1) is 23.7 Å². The van der Waals surface area contributed by atoms with Gasteiger partial charge < -0.3 is 5.73 Å². The summed E-state index contributed by atoms with van der Waals surface area (Å²) >= 11 is 0. The molecule has 1 heterocycles. The Morgan fingerprint density at radius 1 is 1.56 bits per heavy atom. The number of rotatable bonds is 6. The fraction of sp³-hybridized carbons (Fsp3) is 0.778. The van der Waals surface area contributed by atoms with Crippen LogP contribution in [-0.4, -0.2) is 35.4 Å². The van der Waals surface area contributed by atoms with Gasteiger partial charge in [-0.05, 0) is 12.8 Å². The maximum atomic E-state index is 10.9. The van der Waals surface area contributed by atoms with Crippen molar-refractivity contribution in [2.75, 3.05) is 12.0 Å². The minimum atomic E-state index is -2.89. The molecule has 0 saturated heterocycles. The SMILES string of the molecule is CCC(N)c1cn(CCCS(C)(=O)=O)nn1. The summed E-state index contributed by atoms with van der Waals surface area (Å²) in [6.07, 6.45) is 4.36. The lowest BCUT2D eigenvalue weighted by atomic mass is 10.2. The first-order chi connectivity index (χ1) is 7.42. The Kier molecular flexibility index (Phi) is 4.43. The fourth-order valence-electron chi connectivity index (χ4n) is 1.29. The Morgan fingerprint density at radius 3 is 2.81 bits per heavy atom. The number of nitrogens with zero attached hydrogens (tertiary/aromatic N) is 3. The van der Waals surface area contributed by atoms with Crippen LogP contribution in [0.5, 0.6) is 0 Å². The number of aromatic nitrogens is 3. The Hall–Kier alpha value is -0.950. The predicted octanol–water partition coefficient (Wildman–Crippen LogP) is 0.123. The minimum Gasteiger partial charge on any atom is -0.323 e. The van der Waals surface area contributed by atoms with Crippen LogP contribution in [0.25, 0.3) is 0 Å². The van der Waals surface area contributed by atoms with Crippen molar-refractivity contribution in [1.82, 2.24) is 15.0 Å². The van der Waals surface area contributed by atoms with E-state index in [0.29, 0.717) is 13.0 Å². The van der Waals surface area contributed by atoms with E-state index in [0.717, 1.165) is 12.1 Å². The molecule has 0 fully saturated rings. The first-order valence-electron chi connectivity index (χ1n) is 5.25. The van der Waals surface area contributed by atoms with Crippen LogP contribution in [0.3, 0.4) is 0 Å². The highest BCUT2D eigenvalue weighted by Gasteiger charge is 2.08. The Bertz CT molecular complexity index is 426. The second-order valence-corrected chi connectivity index (χ2v) is 6.16. The molecule has 1 atom stereocenters. The van der Waals surface area contributed by atoms with Crippen molar-refractivity contribution in [3.8, 4) is 0 Å². The molecule has 6 nitrogen and oxygen atoms in total. The summed E-state index contributed by atoms with van der Waals surface area (Å²) in [5.74, 6) is 0.169. The van der Waals surface area contributed by atoms with E-state index in [1.165, 1.54) is 6.26 Å². The quantitative estimate of drug-likeness (QED) is 0.770. The van der Waals surface area contributed by atoms with Crippen LogP contribution < -0.4 is 5.73 Å². The molecule has 0 saturated carbocycles. The summed E-state index contributed by atoms with van der Waals surface area (Å²) in [6, 6.07) is -0.0938. The summed E-state index contributed by atoms with van der Waals surface area (Å²) < 4.78 is 23.5. The van der Waals surface area contributed by atoms with Gasteiger partial charge >= 0.3 is 0 Å². The first-order valence-corrected chi connectivity index (χ1v) is 7.31. The zero-order valence-corrected chi connectivity index (χ0v) is 10.4. The fourth-order valence-corrected chi connectivity index (χ4v) is 1.94. The smallest absolute Gasteiger partial charge is 0.147 e. The maximum Gasteiger partial charge on any atom is 0.147 e. The molecule has 0 amide bonds. The molecule has 0 bridgehead atoms. The van der Waals surface area contributed by atoms with Crippen molar-refractivity contribution in [1.29, 1.82) is 0 Å². The van der Waals surface area contributed by atoms with Gasteiger partial charge in [0.1, 0.15) is 9.84 Å². The molecule has 1 rings (SSSR count). The number of sulfone groups is 1. The molecule has 0 spiro atoms. The molecule has 16 heavy (non-hydrogen) atoms. The highest BCUT2D eigenvalue weighted by atomic mass is 32.2. The van der Waals surface area contributed by atoms with E-state index in [1.54, 1.807) is 10.9 Å². The van der Waals surface area contributed by atoms with Gasteiger partial charge in [0.2, 0.25) is 0 Å². The lowest BCUT2D eigenvalue weighted by Crippen LogP contribution is -2.09. The molecule has 92 valence electrons. The van der Waals surface area contributed by atoms with E-state index in [1.807, 2.05) is 6.92 Å². The number of hydrogen-bond acceptors (Lipinski definition) is 5. The summed E-state index contributed by atoms with van der Waals surface area (Å²) in [5, 5.41) is 7.84. The minimum absolute atomic E-state index is 0.0938. The Labute approximate surface area is 95.7 Å². The van der Waals surface area contributed by atoms with Crippen LogP contribution in [0.1, 0.15) is 31.5 Å².